The summed E-state index contributed by atoms with van der Waals surface area (Å²) in [5, 5.41) is 25.8. The Morgan fingerprint density at radius 1 is 1.47 bits per heavy atom. The van der Waals surface area contributed by atoms with Crippen molar-refractivity contribution in [3.8, 4) is 0 Å². The lowest BCUT2D eigenvalue weighted by Crippen LogP contribution is -2.13. The number of nitrogens with two attached hydrogens (primary N) is 1. The summed E-state index contributed by atoms with van der Waals surface area (Å²) in [7, 11) is 0. The molecule has 0 aliphatic heterocycles. The third-order valence-electron chi connectivity index (χ3n) is 2.53. The van der Waals surface area contributed by atoms with Gasteiger partial charge in [-0.05, 0) is 5.56 Å². The fourth-order valence-corrected chi connectivity index (χ4v) is 1.56. The summed E-state index contributed by atoms with van der Waals surface area (Å²) in [5.41, 5.74) is 6.88. The van der Waals surface area contributed by atoms with Crippen LogP contribution in [0.15, 0.2) is 41.8 Å². The van der Waals surface area contributed by atoms with E-state index >= 15 is 0 Å². The molecule has 0 unspecified atom stereocenters. The van der Waals surface area contributed by atoms with Gasteiger partial charge in [0.25, 0.3) is 0 Å². The van der Waals surface area contributed by atoms with Crippen LogP contribution in [0.1, 0.15) is 11.1 Å². The lowest BCUT2D eigenvalue weighted by molar-refractivity contribution is -0.385. The number of aromatic nitrogens is 2. The van der Waals surface area contributed by atoms with Crippen LogP contribution in [-0.2, 0) is 6.54 Å². The largest absolute Gasteiger partial charge is 0.409 e. The number of nitro groups is 1. The van der Waals surface area contributed by atoms with Gasteiger partial charge in [0.2, 0.25) is 0 Å². The first-order valence-electron chi connectivity index (χ1n) is 5.34. The number of rotatable bonds is 4. The van der Waals surface area contributed by atoms with Crippen LogP contribution in [0.25, 0.3) is 0 Å². The molecule has 1 heterocycles. The number of amidine groups is 1. The molecule has 98 valence electrons. The lowest BCUT2D eigenvalue weighted by Gasteiger charge is -2.03. The van der Waals surface area contributed by atoms with Crippen LogP contribution in [0.2, 0.25) is 0 Å². The molecule has 0 aliphatic carbocycles. The Balaban J connectivity index is 2.12. The molecule has 3 N–H and O–H groups in total. The zero-order valence-electron chi connectivity index (χ0n) is 9.80. The molecule has 0 saturated heterocycles. The fourth-order valence-electron chi connectivity index (χ4n) is 1.56. The first-order valence-corrected chi connectivity index (χ1v) is 5.34. The molecular formula is C11H11N5O3. The second-order valence-corrected chi connectivity index (χ2v) is 3.84. The zero-order chi connectivity index (χ0) is 13.8. The van der Waals surface area contributed by atoms with E-state index in [1.165, 1.54) is 17.1 Å². The average Bonchev–Trinajstić information content (AvgIpc) is 2.87. The van der Waals surface area contributed by atoms with E-state index < -0.39 is 4.92 Å². The van der Waals surface area contributed by atoms with Gasteiger partial charge in [-0.25, -0.2) is 0 Å². The van der Waals surface area contributed by atoms with Gasteiger partial charge in [0, 0.05) is 5.56 Å². The van der Waals surface area contributed by atoms with E-state index in [-0.39, 0.29) is 11.5 Å². The van der Waals surface area contributed by atoms with E-state index in [2.05, 4.69) is 10.3 Å². The summed E-state index contributed by atoms with van der Waals surface area (Å²) in [6, 6.07) is 6.95. The van der Waals surface area contributed by atoms with E-state index in [9.17, 15) is 10.1 Å². The fraction of sp³-hybridized carbons (Fsp3) is 0.0909. The van der Waals surface area contributed by atoms with Gasteiger partial charge >= 0.3 is 5.69 Å². The van der Waals surface area contributed by atoms with Gasteiger partial charge in [0.15, 0.2) is 5.84 Å². The second kappa shape index (κ2) is 5.17. The SMILES string of the molecule is N/C(=N/O)c1ccc(Cn2cc([N+](=O)[O-])cn2)cc1. The Morgan fingerprint density at radius 3 is 2.68 bits per heavy atom. The third kappa shape index (κ3) is 2.86. The van der Waals surface area contributed by atoms with Crippen LogP contribution < -0.4 is 5.73 Å². The van der Waals surface area contributed by atoms with Crippen molar-refractivity contribution in [2.45, 2.75) is 6.54 Å². The molecule has 2 aromatic rings. The molecular weight excluding hydrogens is 250 g/mol. The first-order chi connectivity index (χ1) is 9.10. The van der Waals surface area contributed by atoms with Crippen molar-refractivity contribution in [2.75, 3.05) is 0 Å². The molecule has 2 rings (SSSR count). The molecule has 0 atom stereocenters. The van der Waals surface area contributed by atoms with Crippen LogP contribution in [0.5, 0.6) is 0 Å². The molecule has 19 heavy (non-hydrogen) atoms. The highest BCUT2D eigenvalue weighted by molar-refractivity contribution is 5.96. The normalized spacial score (nSPS) is 11.5. The van der Waals surface area contributed by atoms with E-state index in [4.69, 9.17) is 10.9 Å². The number of benzene rings is 1. The quantitative estimate of drug-likeness (QED) is 0.279. The van der Waals surface area contributed by atoms with Crippen LogP contribution in [0.3, 0.4) is 0 Å². The summed E-state index contributed by atoms with van der Waals surface area (Å²) in [4.78, 5) is 10.0. The maximum Gasteiger partial charge on any atom is 0.307 e. The summed E-state index contributed by atoms with van der Waals surface area (Å²) in [6.07, 6.45) is 2.56. The van der Waals surface area contributed by atoms with Crippen LogP contribution in [-0.4, -0.2) is 25.7 Å². The number of hydrogen-bond donors (Lipinski definition) is 2. The number of nitrogens with zero attached hydrogens (tertiary/aromatic N) is 4. The smallest absolute Gasteiger partial charge is 0.307 e. The maximum atomic E-state index is 10.5. The van der Waals surface area contributed by atoms with Gasteiger partial charge in [-0.3, -0.25) is 14.8 Å². The Labute approximate surface area is 107 Å². The molecule has 8 heteroatoms. The number of hydrogen-bond acceptors (Lipinski definition) is 5. The molecule has 0 saturated carbocycles. The Hall–Kier alpha value is -2.90. The average molecular weight is 261 g/mol. The molecule has 0 radical (unpaired) electrons. The zero-order valence-corrected chi connectivity index (χ0v) is 9.80. The van der Waals surface area contributed by atoms with Crippen molar-refractivity contribution in [2.24, 2.45) is 10.9 Å². The van der Waals surface area contributed by atoms with Crippen molar-refractivity contribution >= 4 is 11.5 Å². The first kappa shape index (κ1) is 12.6. The monoisotopic (exact) mass is 261 g/mol. The van der Waals surface area contributed by atoms with Crippen molar-refractivity contribution in [1.29, 1.82) is 0 Å². The predicted octanol–water partition coefficient (Wildman–Crippen LogP) is 0.934. The number of oxime groups is 1. The highest BCUT2D eigenvalue weighted by Gasteiger charge is 2.08. The molecule has 0 amide bonds. The maximum absolute atomic E-state index is 10.5. The topological polar surface area (TPSA) is 120 Å². The minimum atomic E-state index is -0.495. The van der Waals surface area contributed by atoms with Crippen molar-refractivity contribution in [3.05, 3.63) is 57.9 Å². The highest BCUT2D eigenvalue weighted by Crippen LogP contribution is 2.11. The van der Waals surface area contributed by atoms with Gasteiger partial charge in [0.1, 0.15) is 12.4 Å². The van der Waals surface area contributed by atoms with Gasteiger partial charge in [-0.15, -0.1) is 0 Å². The third-order valence-corrected chi connectivity index (χ3v) is 2.53. The van der Waals surface area contributed by atoms with Gasteiger partial charge in [0.05, 0.1) is 11.5 Å². The summed E-state index contributed by atoms with van der Waals surface area (Å²) in [6.45, 7) is 0.407. The minimum Gasteiger partial charge on any atom is -0.409 e. The van der Waals surface area contributed by atoms with E-state index in [1.54, 1.807) is 24.3 Å². The molecule has 0 aliphatic rings. The highest BCUT2D eigenvalue weighted by atomic mass is 16.6. The van der Waals surface area contributed by atoms with Crippen molar-refractivity contribution in [3.63, 3.8) is 0 Å². The minimum absolute atomic E-state index is 0.0290. The van der Waals surface area contributed by atoms with E-state index in [0.717, 1.165) is 5.56 Å². The van der Waals surface area contributed by atoms with E-state index in [1.807, 2.05) is 0 Å². The Kier molecular flexibility index (Phi) is 3.42. The van der Waals surface area contributed by atoms with Gasteiger partial charge in [-0.2, -0.15) is 5.10 Å². The molecule has 1 aromatic heterocycles. The molecule has 0 fully saturated rings. The van der Waals surface area contributed by atoms with Crippen molar-refractivity contribution in [1.82, 2.24) is 9.78 Å². The van der Waals surface area contributed by atoms with Crippen molar-refractivity contribution < 1.29 is 10.1 Å². The van der Waals surface area contributed by atoms with E-state index in [0.29, 0.717) is 12.1 Å². The van der Waals surface area contributed by atoms with Crippen LogP contribution in [0.4, 0.5) is 5.69 Å². The summed E-state index contributed by atoms with van der Waals surface area (Å²) >= 11 is 0. The summed E-state index contributed by atoms with van der Waals surface area (Å²) < 4.78 is 1.47. The van der Waals surface area contributed by atoms with Crippen LogP contribution >= 0.6 is 0 Å². The Bertz CT molecular complexity index is 618. The van der Waals surface area contributed by atoms with Gasteiger partial charge in [-0.1, -0.05) is 29.4 Å². The molecule has 8 nitrogen and oxygen atoms in total. The summed E-state index contributed by atoms with van der Waals surface area (Å²) in [5.74, 6) is 0.0290. The standard InChI is InChI=1S/C11H11N5O3/c12-11(14-17)9-3-1-8(2-4-9)6-15-7-10(5-13-15)16(18)19/h1-5,7,17H,6H2,(H2,12,14). The molecule has 0 bridgehead atoms. The molecule has 1 aromatic carbocycles. The van der Waals surface area contributed by atoms with Gasteiger partial charge < -0.3 is 10.9 Å². The van der Waals surface area contributed by atoms with Crippen LogP contribution in [0, 0.1) is 10.1 Å². The lowest BCUT2D eigenvalue weighted by atomic mass is 10.1. The predicted molar refractivity (Wildman–Crippen MR) is 66.9 cm³/mol. The molecule has 0 spiro atoms. The Morgan fingerprint density at radius 2 is 2.16 bits per heavy atom. The second-order valence-electron chi connectivity index (χ2n) is 3.84.